The molecule has 1 N–H and O–H groups in total. The highest BCUT2D eigenvalue weighted by molar-refractivity contribution is 7.21. The second-order valence-corrected chi connectivity index (χ2v) is 12.6. The molecule has 8 nitrogen and oxygen atoms in total. The molecule has 1 aliphatic heterocycles. The van der Waals surface area contributed by atoms with Crippen LogP contribution in [-0.4, -0.2) is 50.2 Å². The minimum Gasteiger partial charge on any atom is -0.444 e. The van der Waals surface area contributed by atoms with Gasteiger partial charge in [-0.05, 0) is 58.1 Å². The molecule has 1 spiro atoms. The van der Waals surface area contributed by atoms with Crippen LogP contribution in [0, 0.1) is 0 Å². The Morgan fingerprint density at radius 1 is 1.16 bits per heavy atom. The van der Waals surface area contributed by atoms with Crippen LogP contribution in [0.1, 0.15) is 65.7 Å². The number of carbonyl (C=O) groups excluding carboxylic acids is 2. The molecule has 202 valence electrons. The fraction of sp³-hybridized carbons (Fsp3) is 0.517. The lowest BCUT2D eigenvalue weighted by Gasteiger charge is -2.51. The largest absolute Gasteiger partial charge is 0.444 e. The molecule has 3 aromatic rings. The van der Waals surface area contributed by atoms with Crippen LogP contribution in [0.5, 0.6) is 0 Å². The number of piperidine rings is 1. The number of ether oxygens (including phenoxy) is 1. The second kappa shape index (κ2) is 10.5. The lowest BCUT2D eigenvalue weighted by atomic mass is 9.73. The van der Waals surface area contributed by atoms with E-state index < -0.39 is 5.60 Å². The van der Waals surface area contributed by atoms with E-state index in [0.717, 1.165) is 42.5 Å². The summed E-state index contributed by atoms with van der Waals surface area (Å²) in [6.07, 6.45) is 7.68. The van der Waals surface area contributed by atoms with Crippen molar-refractivity contribution in [3.8, 4) is 10.4 Å². The molecule has 9 heteroatoms. The standard InChI is InChI=1S/C29H36N4O4S/c1-28(2,3)37-27(36)33-15-12-21(17-29(33)13-8-5-9-14-29)31-24(34)18-32-19-30-25-22(26(32)35)16-23(38-25)20-10-6-4-7-11-20/h4,6-7,10-11,16,19,21H,5,8-9,12-15,17-18H2,1-3H3,(H,31,34). The van der Waals surface area contributed by atoms with Crippen LogP contribution in [-0.2, 0) is 16.1 Å². The molecule has 1 saturated carbocycles. The zero-order chi connectivity index (χ0) is 26.9. The minimum absolute atomic E-state index is 0.0579. The molecule has 1 aliphatic carbocycles. The third-order valence-corrected chi connectivity index (χ3v) is 8.65. The average molecular weight is 537 g/mol. The predicted octanol–water partition coefficient (Wildman–Crippen LogP) is 5.34. The highest BCUT2D eigenvalue weighted by atomic mass is 32.1. The molecule has 1 aromatic carbocycles. The van der Waals surface area contributed by atoms with E-state index in [1.165, 1.54) is 22.2 Å². The number of benzene rings is 1. The van der Waals surface area contributed by atoms with E-state index in [4.69, 9.17) is 4.74 Å². The number of likely N-dealkylation sites (tertiary alicyclic amines) is 1. The Morgan fingerprint density at radius 2 is 1.89 bits per heavy atom. The highest BCUT2D eigenvalue weighted by Gasteiger charge is 2.46. The van der Waals surface area contributed by atoms with Crippen LogP contribution in [0.4, 0.5) is 4.79 Å². The van der Waals surface area contributed by atoms with Crippen molar-refractivity contribution >= 4 is 33.6 Å². The summed E-state index contributed by atoms with van der Waals surface area (Å²) in [5.41, 5.74) is -0.0239. The van der Waals surface area contributed by atoms with E-state index in [1.807, 2.05) is 62.1 Å². The molecule has 0 radical (unpaired) electrons. The van der Waals surface area contributed by atoms with Gasteiger partial charge in [0, 0.05) is 23.0 Å². The van der Waals surface area contributed by atoms with E-state index in [9.17, 15) is 14.4 Å². The van der Waals surface area contributed by atoms with Crippen molar-refractivity contribution in [2.75, 3.05) is 6.54 Å². The van der Waals surface area contributed by atoms with Crippen molar-refractivity contribution in [3.05, 3.63) is 53.1 Å². The van der Waals surface area contributed by atoms with Crippen LogP contribution < -0.4 is 10.9 Å². The van der Waals surface area contributed by atoms with Crippen molar-refractivity contribution in [1.29, 1.82) is 0 Å². The van der Waals surface area contributed by atoms with Crippen molar-refractivity contribution in [2.45, 2.75) is 89.4 Å². The zero-order valence-corrected chi connectivity index (χ0v) is 23.2. The second-order valence-electron chi connectivity index (χ2n) is 11.5. The van der Waals surface area contributed by atoms with Crippen molar-refractivity contribution in [1.82, 2.24) is 19.8 Å². The molecule has 5 rings (SSSR count). The highest BCUT2D eigenvalue weighted by Crippen LogP contribution is 2.41. The number of rotatable bonds is 4. The number of nitrogens with zero attached hydrogens (tertiary/aromatic N) is 3. The van der Waals surface area contributed by atoms with E-state index in [2.05, 4.69) is 10.3 Å². The Morgan fingerprint density at radius 3 is 2.61 bits per heavy atom. The molecule has 2 amide bonds. The maximum absolute atomic E-state index is 13.2. The SMILES string of the molecule is CC(C)(C)OC(=O)N1CCC(NC(=O)Cn2cnc3sc(-c4ccccc4)cc3c2=O)CC12CCCCC2. The summed E-state index contributed by atoms with van der Waals surface area (Å²) in [4.78, 5) is 47.3. The molecule has 2 fully saturated rings. The van der Waals surface area contributed by atoms with E-state index in [0.29, 0.717) is 29.6 Å². The van der Waals surface area contributed by atoms with Crippen LogP contribution >= 0.6 is 11.3 Å². The van der Waals surface area contributed by atoms with Gasteiger partial charge in [0.05, 0.1) is 11.7 Å². The smallest absolute Gasteiger partial charge is 0.410 e. The molecule has 2 aromatic heterocycles. The van der Waals surface area contributed by atoms with Gasteiger partial charge >= 0.3 is 6.09 Å². The fourth-order valence-corrected chi connectivity index (χ4v) is 6.84. The molecule has 3 heterocycles. The first kappa shape index (κ1) is 26.4. The first-order chi connectivity index (χ1) is 18.1. The first-order valence-corrected chi connectivity index (χ1v) is 14.3. The van der Waals surface area contributed by atoms with Crippen LogP contribution in [0.15, 0.2) is 47.5 Å². The molecule has 2 aliphatic rings. The third-order valence-electron chi connectivity index (χ3n) is 7.55. The normalized spacial score (nSPS) is 19.4. The Balaban J connectivity index is 1.28. The van der Waals surface area contributed by atoms with Crippen LogP contribution in [0.3, 0.4) is 0 Å². The zero-order valence-electron chi connectivity index (χ0n) is 22.4. The van der Waals surface area contributed by atoms with Crippen molar-refractivity contribution in [3.63, 3.8) is 0 Å². The van der Waals surface area contributed by atoms with Gasteiger partial charge in [-0.25, -0.2) is 9.78 Å². The van der Waals surface area contributed by atoms with Crippen LogP contribution in [0.25, 0.3) is 20.7 Å². The fourth-order valence-electron chi connectivity index (χ4n) is 5.85. The maximum atomic E-state index is 13.2. The summed E-state index contributed by atoms with van der Waals surface area (Å²) in [7, 11) is 0. The summed E-state index contributed by atoms with van der Waals surface area (Å²) in [6, 6.07) is 11.7. The summed E-state index contributed by atoms with van der Waals surface area (Å²) >= 11 is 1.47. The van der Waals surface area contributed by atoms with E-state index in [1.54, 1.807) is 0 Å². The number of amides is 2. The molecule has 1 saturated heterocycles. The summed E-state index contributed by atoms with van der Waals surface area (Å²) in [6.45, 7) is 6.12. The van der Waals surface area contributed by atoms with Gasteiger partial charge in [-0.2, -0.15) is 0 Å². The summed E-state index contributed by atoms with van der Waals surface area (Å²) in [5.74, 6) is -0.214. The van der Waals surface area contributed by atoms with Gasteiger partial charge in [-0.15, -0.1) is 11.3 Å². The third kappa shape index (κ3) is 5.62. The molecular formula is C29H36N4O4S. The molecule has 38 heavy (non-hydrogen) atoms. The predicted molar refractivity (Wildman–Crippen MR) is 149 cm³/mol. The molecule has 1 unspecified atom stereocenters. The van der Waals surface area contributed by atoms with Crippen LogP contribution in [0.2, 0.25) is 0 Å². The van der Waals surface area contributed by atoms with E-state index >= 15 is 0 Å². The molecule has 1 atom stereocenters. The Bertz CT molecular complexity index is 1370. The Labute approximate surface area is 227 Å². The average Bonchev–Trinajstić information content (AvgIpc) is 3.31. The topological polar surface area (TPSA) is 93.5 Å². The van der Waals surface area contributed by atoms with Gasteiger partial charge in [0.1, 0.15) is 17.0 Å². The van der Waals surface area contributed by atoms with Gasteiger partial charge in [0.15, 0.2) is 0 Å². The number of hydrogen-bond acceptors (Lipinski definition) is 6. The van der Waals surface area contributed by atoms with Gasteiger partial charge in [-0.3, -0.25) is 14.2 Å². The maximum Gasteiger partial charge on any atom is 0.410 e. The number of aromatic nitrogens is 2. The molecule has 0 bridgehead atoms. The minimum atomic E-state index is -0.551. The monoisotopic (exact) mass is 536 g/mol. The number of nitrogens with one attached hydrogen (secondary N) is 1. The van der Waals surface area contributed by atoms with Gasteiger partial charge in [0.2, 0.25) is 5.91 Å². The van der Waals surface area contributed by atoms with Crippen molar-refractivity contribution in [2.24, 2.45) is 0 Å². The van der Waals surface area contributed by atoms with Gasteiger partial charge < -0.3 is 15.0 Å². The quantitative estimate of drug-likeness (QED) is 0.486. The van der Waals surface area contributed by atoms with Gasteiger partial charge in [0.25, 0.3) is 5.56 Å². The lowest BCUT2D eigenvalue weighted by molar-refractivity contribution is -0.123. The Kier molecular flexibility index (Phi) is 7.31. The van der Waals surface area contributed by atoms with E-state index in [-0.39, 0.29) is 35.7 Å². The van der Waals surface area contributed by atoms with Gasteiger partial charge in [-0.1, -0.05) is 49.6 Å². The summed E-state index contributed by atoms with van der Waals surface area (Å²) < 4.78 is 7.11. The van der Waals surface area contributed by atoms with Crippen molar-refractivity contribution < 1.29 is 14.3 Å². The number of fused-ring (bicyclic) bond motifs is 1. The Hall–Kier alpha value is -3.20. The molecular weight excluding hydrogens is 500 g/mol. The number of thiophene rings is 1. The number of carbonyl (C=O) groups is 2. The lowest BCUT2D eigenvalue weighted by Crippen LogP contribution is -2.61. The number of hydrogen-bond donors (Lipinski definition) is 1. The first-order valence-electron chi connectivity index (χ1n) is 13.5. The summed E-state index contributed by atoms with van der Waals surface area (Å²) in [5, 5.41) is 3.67.